The number of hydrogen-bond acceptors (Lipinski definition) is 3. The molecule has 1 atom stereocenters. The molecule has 0 bridgehead atoms. The molecule has 0 aliphatic carbocycles. The lowest BCUT2D eigenvalue weighted by Gasteiger charge is -2.53. The Kier molecular flexibility index (Phi) is 4.41. The smallest absolute Gasteiger partial charge is 0.231 e. The average molecular weight is 388 g/mol. The molecule has 1 fully saturated rings. The quantitative estimate of drug-likeness (QED) is 0.759. The van der Waals surface area contributed by atoms with E-state index in [-0.39, 0.29) is 23.6 Å². The lowest BCUT2D eigenvalue weighted by molar-refractivity contribution is -0.118. The Balaban J connectivity index is 1.58. The van der Waals surface area contributed by atoms with Gasteiger partial charge in [-0.25, -0.2) is 4.39 Å². The molecule has 2 aliphatic heterocycles. The molecule has 0 saturated carbocycles. The second-order valence-electron chi connectivity index (χ2n) is 7.62. The van der Waals surface area contributed by atoms with Crippen LogP contribution < -0.4 is 4.90 Å². The van der Waals surface area contributed by atoms with Crippen molar-refractivity contribution in [3.63, 3.8) is 0 Å². The summed E-state index contributed by atoms with van der Waals surface area (Å²) < 4.78 is 38.1. The van der Waals surface area contributed by atoms with Crippen LogP contribution in [-0.4, -0.2) is 40.7 Å². The summed E-state index contributed by atoms with van der Waals surface area (Å²) in [7, 11) is -3.21. The molecule has 0 aromatic heterocycles. The number of fused-ring (bicyclic) bond motifs is 1. The summed E-state index contributed by atoms with van der Waals surface area (Å²) in [4.78, 5) is 14.8. The number of para-hydroxylation sites is 1. The molecule has 5 nitrogen and oxygen atoms in total. The van der Waals surface area contributed by atoms with E-state index in [0.717, 1.165) is 23.2 Å². The predicted molar refractivity (Wildman–Crippen MR) is 101 cm³/mol. The largest absolute Gasteiger partial charge is 0.598 e. The van der Waals surface area contributed by atoms with Gasteiger partial charge < -0.3 is 9.45 Å². The summed E-state index contributed by atoms with van der Waals surface area (Å²) in [5, 5.41) is 0. The highest BCUT2D eigenvalue weighted by Gasteiger charge is 2.53. The number of nitrogens with zero attached hydrogens (tertiary/aromatic N) is 2. The van der Waals surface area contributed by atoms with Gasteiger partial charge in [0.25, 0.3) is 0 Å². The zero-order valence-corrected chi connectivity index (χ0v) is 15.9. The van der Waals surface area contributed by atoms with Gasteiger partial charge >= 0.3 is 0 Å². The SMILES string of the molecule is C[S+](=O)([O-])N1CC2(Cc3ccccc3N(C(=O)Cc3ccc(F)cc3)C2)C1. The first kappa shape index (κ1) is 18.3. The third kappa shape index (κ3) is 3.54. The number of halogens is 1. The average Bonchev–Trinajstić information content (AvgIpc) is 2.59. The Morgan fingerprint density at radius 1 is 1.15 bits per heavy atom. The number of carbonyl (C=O) groups is 1. The van der Waals surface area contributed by atoms with E-state index in [2.05, 4.69) is 0 Å². The molecule has 2 aromatic rings. The highest BCUT2D eigenvalue weighted by atomic mass is 32.3. The van der Waals surface area contributed by atoms with Crippen LogP contribution >= 0.6 is 0 Å². The van der Waals surface area contributed by atoms with Gasteiger partial charge in [0.05, 0.1) is 19.5 Å². The molecule has 2 aromatic carbocycles. The fourth-order valence-corrected chi connectivity index (χ4v) is 5.06. The second-order valence-corrected chi connectivity index (χ2v) is 9.60. The topological polar surface area (TPSA) is 63.7 Å². The Labute approximate surface area is 159 Å². The van der Waals surface area contributed by atoms with Crippen molar-refractivity contribution in [2.24, 2.45) is 5.41 Å². The van der Waals surface area contributed by atoms with E-state index < -0.39 is 10.4 Å². The minimum Gasteiger partial charge on any atom is -0.598 e. The van der Waals surface area contributed by atoms with Gasteiger partial charge in [-0.3, -0.25) is 4.79 Å². The molecule has 27 heavy (non-hydrogen) atoms. The van der Waals surface area contributed by atoms with Gasteiger partial charge in [0.15, 0.2) is 0 Å². The van der Waals surface area contributed by atoms with Gasteiger partial charge in [-0.2, -0.15) is 0 Å². The van der Waals surface area contributed by atoms with E-state index in [0.29, 0.717) is 19.6 Å². The number of anilines is 1. The first-order valence-corrected chi connectivity index (χ1v) is 10.7. The summed E-state index contributed by atoms with van der Waals surface area (Å²) >= 11 is 0. The van der Waals surface area contributed by atoms with Crippen LogP contribution in [0.2, 0.25) is 0 Å². The molecule has 1 amide bonds. The molecule has 142 valence electrons. The second kappa shape index (κ2) is 6.51. The Bertz CT molecular complexity index is 919. The Hall–Kier alpha value is -2.09. The number of carbonyl (C=O) groups excluding carboxylic acids is 1. The monoisotopic (exact) mass is 388 g/mol. The number of benzene rings is 2. The van der Waals surface area contributed by atoms with Crippen LogP contribution in [0.1, 0.15) is 11.1 Å². The van der Waals surface area contributed by atoms with E-state index in [1.54, 1.807) is 17.0 Å². The van der Waals surface area contributed by atoms with Crippen molar-refractivity contribution in [3.05, 3.63) is 65.5 Å². The van der Waals surface area contributed by atoms with Crippen LogP contribution in [0.4, 0.5) is 10.1 Å². The summed E-state index contributed by atoms with van der Waals surface area (Å²) in [6, 6.07) is 13.7. The third-order valence-electron chi connectivity index (χ3n) is 5.40. The van der Waals surface area contributed by atoms with Gasteiger partial charge in [-0.05, 0) is 35.7 Å². The molecule has 2 heterocycles. The Morgan fingerprint density at radius 2 is 1.81 bits per heavy atom. The molecule has 0 radical (unpaired) electrons. The first-order chi connectivity index (χ1) is 12.8. The number of sulfonamides is 1. The molecule has 2 aliphatic rings. The van der Waals surface area contributed by atoms with E-state index in [9.17, 15) is 17.9 Å². The van der Waals surface area contributed by atoms with Gasteiger partial charge in [-0.15, -0.1) is 4.31 Å². The van der Waals surface area contributed by atoms with Gasteiger partial charge in [0.1, 0.15) is 22.5 Å². The van der Waals surface area contributed by atoms with Crippen LogP contribution in [0.15, 0.2) is 48.5 Å². The van der Waals surface area contributed by atoms with Crippen LogP contribution in [0.3, 0.4) is 0 Å². The molecular formula is C20H21FN2O3S. The fraction of sp³-hybridized carbons (Fsp3) is 0.350. The van der Waals surface area contributed by atoms with E-state index in [4.69, 9.17) is 0 Å². The van der Waals surface area contributed by atoms with Gasteiger partial charge in [0.2, 0.25) is 5.91 Å². The first-order valence-electron chi connectivity index (χ1n) is 8.84. The van der Waals surface area contributed by atoms with E-state index in [1.165, 1.54) is 22.7 Å². The van der Waals surface area contributed by atoms with Crippen LogP contribution in [0, 0.1) is 11.2 Å². The fourth-order valence-electron chi connectivity index (χ4n) is 4.05. The summed E-state index contributed by atoms with van der Waals surface area (Å²) in [6.45, 7) is 1.36. The maximum Gasteiger partial charge on any atom is 0.231 e. The normalized spacial score (nSPS) is 20.6. The maximum atomic E-state index is 13.1. The van der Waals surface area contributed by atoms with E-state index in [1.807, 2.05) is 24.3 Å². The Morgan fingerprint density at radius 3 is 2.48 bits per heavy atom. The standard InChI is InChI=1S/C20H21FN2O3S/c1-27(25,26)22-12-20(13-22)11-16-4-2-3-5-18(16)23(14-20)19(24)10-15-6-8-17(21)9-7-15/h2-9H,10-14H2,1H3. The minimum atomic E-state index is -3.21. The third-order valence-corrected chi connectivity index (χ3v) is 6.60. The van der Waals surface area contributed by atoms with Crippen molar-refractivity contribution >= 4 is 22.0 Å². The van der Waals surface area contributed by atoms with Crippen molar-refractivity contribution in [1.29, 1.82) is 0 Å². The van der Waals surface area contributed by atoms with Crippen molar-refractivity contribution < 1.29 is 17.9 Å². The van der Waals surface area contributed by atoms with Crippen molar-refractivity contribution in [1.82, 2.24) is 4.31 Å². The summed E-state index contributed by atoms with van der Waals surface area (Å²) in [5.41, 5.74) is 2.46. The predicted octanol–water partition coefficient (Wildman–Crippen LogP) is 2.43. The molecule has 1 unspecified atom stereocenters. The van der Waals surface area contributed by atoms with Crippen molar-refractivity contribution in [2.75, 3.05) is 30.8 Å². The highest BCUT2D eigenvalue weighted by molar-refractivity contribution is 7.94. The number of amides is 1. The minimum absolute atomic E-state index is 0.0639. The van der Waals surface area contributed by atoms with Crippen LogP contribution in [0.5, 0.6) is 0 Å². The molecule has 0 N–H and O–H groups in total. The van der Waals surface area contributed by atoms with Gasteiger partial charge in [0, 0.05) is 17.6 Å². The zero-order valence-electron chi connectivity index (χ0n) is 15.1. The molecule has 1 spiro atoms. The number of hydrogen-bond donors (Lipinski definition) is 0. The zero-order chi connectivity index (χ0) is 19.2. The van der Waals surface area contributed by atoms with Crippen molar-refractivity contribution in [2.45, 2.75) is 12.8 Å². The maximum absolute atomic E-state index is 13.1. The molecule has 7 heteroatoms. The lowest BCUT2D eigenvalue weighted by atomic mass is 9.73. The highest BCUT2D eigenvalue weighted by Crippen LogP contribution is 2.44. The molecule has 4 rings (SSSR count). The molecular weight excluding hydrogens is 367 g/mol. The van der Waals surface area contributed by atoms with Crippen molar-refractivity contribution in [3.8, 4) is 0 Å². The summed E-state index contributed by atoms with van der Waals surface area (Å²) in [5.74, 6) is -0.394. The van der Waals surface area contributed by atoms with Crippen LogP contribution in [0.25, 0.3) is 0 Å². The molecule has 1 saturated heterocycles. The lowest BCUT2D eigenvalue weighted by Crippen LogP contribution is -2.66. The van der Waals surface area contributed by atoms with Crippen LogP contribution in [-0.2, 0) is 32.2 Å². The van der Waals surface area contributed by atoms with Gasteiger partial charge in [-0.1, -0.05) is 34.5 Å². The number of rotatable bonds is 3. The summed E-state index contributed by atoms with van der Waals surface area (Å²) in [6.07, 6.45) is 2.16. The van der Waals surface area contributed by atoms with E-state index >= 15 is 0 Å².